The number of likely N-dealkylation sites (N-methyl/N-ethyl adjacent to an activating group) is 1. The maximum Gasteiger partial charge on any atom is 0.228 e. The first-order valence-electron chi connectivity index (χ1n) is 12.6. The summed E-state index contributed by atoms with van der Waals surface area (Å²) < 4.78 is 19.0. The Labute approximate surface area is 220 Å². The predicted molar refractivity (Wildman–Crippen MR) is 146 cm³/mol. The monoisotopic (exact) mass is 547 g/mol. The van der Waals surface area contributed by atoms with Crippen LogP contribution in [-0.2, 0) is 6.42 Å². The number of aryl methyl sites for hydroxylation is 1. The molecule has 0 saturated heterocycles. The third-order valence-corrected chi connectivity index (χ3v) is 7.27. The van der Waals surface area contributed by atoms with Gasteiger partial charge in [0.15, 0.2) is 5.76 Å². The lowest BCUT2D eigenvalue weighted by Gasteiger charge is -2.18. The quantitative estimate of drug-likeness (QED) is 0.208. The van der Waals surface area contributed by atoms with Crippen LogP contribution in [0.15, 0.2) is 69.6 Å². The van der Waals surface area contributed by atoms with Crippen molar-refractivity contribution in [2.24, 2.45) is 0 Å². The zero-order valence-electron chi connectivity index (χ0n) is 20.7. The molecule has 6 heteroatoms. The number of rotatable bonds is 9. The van der Waals surface area contributed by atoms with Crippen molar-refractivity contribution in [3.8, 4) is 22.6 Å². The van der Waals surface area contributed by atoms with E-state index in [0.717, 1.165) is 70.5 Å². The van der Waals surface area contributed by atoms with Gasteiger partial charge >= 0.3 is 0 Å². The van der Waals surface area contributed by atoms with E-state index in [1.807, 2.05) is 54.6 Å². The van der Waals surface area contributed by atoms with E-state index in [-0.39, 0.29) is 5.78 Å². The van der Waals surface area contributed by atoms with Crippen molar-refractivity contribution < 1.29 is 18.7 Å². The molecule has 0 spiro atoms. The van der Waals surface area contributed by atoms with Crippen LogP contribution in [0.3, 0.4) is 0 Å². The van der Waals surface area contributed by atoms with Gasteiger partial charge in [0.05, 0.1) is 6.61 Å². The minimum absolute atomic E-state index is 0.146. The normalized spacial score (nSPS) is 13.0. The highest BCUT2D eigenvalue weighted by atomic mass is 79.9. The molecule has 2 heterocycles. The number of carbonyl (C=O) groups excluding carboxylic acids is 1. The number of carbonyl (C=O) groups is 1. The summed E-state index contributed by atoms with van der Waals surface area (Å²) in [7, 11) is 0. The summed E-state index contributed by atoms with van der Waals surface area (Å²) in [5.41, 5.74) is 4.11. The zero-order chi connectivity index (χ0) is 25.1. The van der Waals surface area contributed by atoms with Gasteiger partial charge in [-0.1, -0.05) is 41.9 Å². The number of fused-ring (bicyclic) bond motifs is 2. The van der Waals surface area contributed by atoms with Gasteiger partial charge in [-0.05, 0) is 79.5 Å². The number of ketones is 1. The minimum atomic E-state index is -0.146. The molecule has 0 saturated carbocycles. The van der Waals surface area contributed by atoms with Crippen molar-refractivity contribution in [3.05, 3.63) is 82.0 Å². The van der Waals surface area contributed by atoms with Crippen molar-refractivity contribution in [1.29, 1.82) is 0 Å². The van der Waals surface area contributed by atoms with E-state index in [4.69, 9.17) is 13.9 Å². The van der Waals surface area contributed by atoms with E-state index in [1.165, 1.54) is 0 Å². The lowest BCUT2D eigenvalue weighted by Crippen LogP contribution is -2.27. The van der Waals surface area contributed by atoms with Gasteiger partial charge in [0.2, 0.25) is 5.78 Å². The van der Waals surface area contributed by atoms with Crippen LogP contribution in [0.5, 0.6) is 11.5 Å². The zero-order valence-corrected chi connectivity index (χ0v) is 22.3. The molecule has 4 aromatic rings. The van der Waals surface area contributed by atoms with E-state index >= 15 is 0 Å². The van der Waals surface area contributed by atoms with Crippen LogP contribution in [0.1, 0.15) is 41.9 Å². The summed E-state index contributed by atoms with van der Waals surface area (Å²) in [5.74, 6) is 1.84. The molecule has 36 heavy (non-hydrogen) atoms. The second-order valence-electron chi connectivity index (χ2n) is 8.95. The molecule has 0 bridgehead atoms. The molecule has 0 amide bonds. The van der Waals surface area contributed by atoms with Gasteiger partial charge < -0.3 is 18.8 Å². The summed E-state index contributed by atoms with van der Waals surface area (Å²) in [6.07, 6.45) is 1.93. The topological polar surface area (TPSA) is 51.9 Å². The summed E-state index contributed by atoms with van der Waals surface area (Å²) in [4.78, 5) is 15.9. The van der Waals surface area contributed by atoms with Gasteiger partial charge in [-0.3, -0.25) is 4.79 Å². The van der Waals surface area contributed by atoms with Crippen LogP contribution in [0.25, 0.3) is 22.1 Å². The second kappa shape index (κ2) is 10.9. The fourth-order valence-corrected chi connectivity index (χ4v) is 4.94. The van der Waals surface area contributed by atoms with Crippen molar-refractivity contribution >= 4 is 32.7 Å². The average Bonchev–Trinajstić information content (AvgIpc) is 3.28. The fraction of sp³-hybridized carbons (Fsp3) is 0.300. The van der Waals surface area contributed by atoms with E-state index in [2.05, 4.69) is 40.7 Å². The predicted octanol–water partition coefficient (Wildman–Crippen LogP) is 7.14. The Balaban J connectivity index is 1.52. The van der Waals surface area contributed by atoms with Crippen LogP contribution in [0.2, 0.25) is 0 Å². The molecular formula is C30H30BrNO4. The molecule has 0 fully saturated rings. The molecule has 3 aromatic carbocycles. The molecule has 1 aromatic heterocycles. The Kier molecular flexibility index (Phi) is 7.44. The van der Waals surface area contributed by atoms with Crippen LogP contribution >= 0.6 is 15.9 Å². The minimum Gasteiger partial charge on any atom is -0.493 e. The Bertz CT molecular complexity index is 1350. The average molecular weight is 548 g/mol. The number of furan rings is 1. The lowest BCUT2D eigenvalue weighted by atomic mass is 9.95. The van der Waals surface area contributed by atoms with Crippen LogP contribution in [0.4, 0.5) is 0 Å². The first-order valence-corrected chi connectivity index (χ1v) is 13.3. The molecule has 0 radical (unpaired) electrons. The first-order chi connectivity index (χ1) is 17.6. The third-order valence-electron chi connectivity index (χ3n) is 6.75. The van der Waals surface area contributed by atoms with E-state index in [1.54, 1.807) is 0 Å². The molecule has 0 atom stereocenters. The molecule has 186 valence electrons. The molecule has 0 aliphatic carbocycles. The maximum atomic E-state index is 13.6. The van der Waals surface area contributed by atoms with Crippen LogP contribution in [-0.4, -0.2) is 43.5 Å². The molecule has 0 unspecified atom stereocenters. The SMILES string of the molecule is CCN(CC)CCOc1ccc(-c2c(C(=O)c3ccc(Br)cc3)oc3cc4c(cc23)CCCO4)cc1. The number of benzene rings is 3. The van der Waals surface area contributed by atoms with E-state index in [9.17, 15) is 4.79 Å². The van der Waals surface area contributed by atoms with Gasteiger partial charge in [0.1, 0.15) is 23.7 Å². The number of halogens is 1. The Morgan fingerprint density at radius 2 is 1.78 bits per heavy atom. The third kappa shape index (κ3) is 5.06. The number of hydrogen-bond acceptors (Lipinski definition) is 5. The highest BCUT2D eigenvalue weighted by Crippen LogP contribution is 2.40. The van der Waals surface area contributed by atoms with Crippen molar-refractivity contribution in [1.82, 2.24) is 4.90 Å². The highest BCUT2D eigenvalue weighted by Gasteiger charge is 2.25. The van der Waals surface area contributed by atoms with Gasteiger partial charge in [0.25, 0.3) is 0 Å². The molecule has 1 aliphatic heterocycles. The van der Waals surface area contributed by atoms with E-state index < -0.39 is 0 Å². The molecule has 1 aliphatic rings. The van der Waals surface area contributed by atoms with Crippen molar-refractivity contribution in [2.45, 2.75) is 26.7 Å². The molecule has 5 rings (SSSR count). The maximum absolute atomic E-state index is 13.6. The standard InChI is InChI=1S/C30H30BrNO4/c1-3-32(4-2)15-17-34-24-13-9-20(10-14-24)28-25-18-22-6-5-16-35-26(22)19-27(25)36-30(28)29(33)21-7-11-23(31)12-8-21/h7-14,18-19H,3-6,15-17H2,1-2H3. The molecule has 5 nitrogen and oxygen atoms in total. The molecule has 0 N–H and O–H groups in total. The second-order valence-corrected chi connectivity index (χ2v) is 9.87. The first kappa shape index (κ1) is 24.6. The van der Waals surface area contributed by atoms with E-state index in [0.29, 0.717) is 30.1 Å². The highest BCUT2D eigenvalue weighted by molar-refractivity contribution is 9.10. The Hall–Kier alpha value is -3.09. The summed E-state index contributed by atoms with van der Waals surface area (Å²) in [6, 6.07) is 19.3. The van der Waals surface area contributed by atoms with Gasteiger partial charge in [0, 0.05) is 33.6 Å². The van der Waals surface area contributed by atoms with Crippen molar-refractivity contribution in [2.75, 3.05) is 32.8 Å². The van der Waals surface area contributed by atoms with Gasteiger partial charge in [-0.2, -0.15) is 0 Å². The molecular weight excluding hydrogens is 518 g/mol. The summed E-state index contributed by atoms with van der Waals surface area (Å²) in [5, 5.41) is 0.926. The van der Waals surface area contributed by atoms with Crippen LogP contribution in [0, 0.1) is 0 Å². The fourth-order valence-electron chi connectivity index (χ4n) is 4.67. The largest absolute Gasteiger partial charge is 0.493 e. The lowest BCUT2D eigenvalue weighted by molar-refractivity contribution is 0.101. The number of ether oxygens (including phenoxy) is 2. The van der Waals surface area contributed by atoms with Gasteiger partial charge in [-0.15, -0.1) is 0 Å². The summed E-state index contributed by atoms with van der Waals surface area (Å²) >= 11 is 3.45. The Morgan fingerprint density at radius 3 is 2.50 bits per heavy atom. The summed E-state index contributed by atoms with van der Waals surface area (Å²) in [6.45, 7) is 8.56. The number of hydrogen-bond donors (Lipinski definition) is 0. The smallest absolute Gasteiger partial charge is 0.228 e. The number of nitrogens with zero attached hydrogens (tertiary/aromatic N) is 1. The van der Waals surface area contributed by atoms with Crippen molar-refractivity contribution in [3.63, 3.8) is 0 Å². The van der Waals surface area contributed by atoms with Gasteiger partial charge in [-0.25, -0.2) is 0 Å². The Morgan fingerprint density at radius 1 is 1.03 bits per heavy atom. The van der Waals surface area contributed by atoms with Crippen LogP contribution < -0.4 is 9.47 Å².